The molecule has 0 fully saturated rings. The number of aromatic nitrogens is 3. The third-order valence-corrected chi connectivity index (χ3v) is 4.95. The smallest absolute Gasteiger partial charge is 0.214 e. The fourth-order valence-electron chi connectivity index (χ4n) is 2.63. The van der Waals surface area contributed by atoms with Gasteiger partial charge < -0.3 is 14.8 Å². The Morgan fingerprint density at radius 1 is 1.20 bits per heavy atom. The van der Waals surface area contributed by atoms with Gasteiger partial charge in [0.1, 0.15) is 0 Å². The molecule has 25 heavy (non-hydrogen) atoms. The van der Waals surface area contributed by atoms with Crippen molar-refractivity contribution in [2.75, 3.05) is 18.5 Å². The van der Waals surface area contributed by atoms with Crippen LogP contribution in [0.4, 0.5) is 5.13 Å². The number of ether oxygens (including phenoxy) is 2. The SMILES string of the molecule is CC(C)(C)c1cn2nc(NCc3ccc4c(c3)OCCCO4)sc2n1. The Kier molecular flexibility index (Phi) is 4.03. The average Bonchev–Trinajstić information content (AvgIpc) is 3.03. The number of nitrogens with zero attached hydrogens (tertiary/aromatic N) is 3. The molecule has 3 heterocycles. The summed E-state index contributed by atoms with van der Waals surface area (Å²) in [4.78, 5) is 5.58. The molecule has 0 saturated heterocycles. The molecule has 2 aromatic heterocycles. The molecule has 6 nitrogen and oxygen atoms in total. The van der Waals surface area contributed by atoms with Crippen LogP contribution in [0, 0.1) is 0 Å². The molecule has 1 N–H and O–H groups in total. The van der Waals surface area contributed by atoms with Crippen molar-refractivity contribution in [1.29, 1.82) is 0 Å². The maximum absolute atomic E-state index is 5.74. The third-order valence-electron chi connectivity index (χ3n) is 4.07. The van der Waals surface area contributed by atoms with Crippen molar-refractivity contribution < 1.29 is 9.47 Å². The predicted octanol–water partition coefficient (Wildman–Crippen LogP) is 3.86. The maximum Gasteiger partial charge on any atom is 0.214 e. The van der Waals surface area contributed by atoms with Crippen LogP contribution in [-0.2, 0) is 12.0 Å². The van der Waals surface area contributed by atoms with Gasteiger partial charge in [0.2, 0.25) is 10.1 Å². The van der Waals surface area contributed by atoms with Gasteiger partial charge in [-0.05, 0) is 17.7 Å². The molecule has 1 aliphatic heterocycles. The van der Waals surface area contributed by atoms with E-state index < -0.39 is 0 Å². The highest BCUT2D eigenvalue weighted by Crippen LogP contribution is 2.31. The molecule has 0 amide bonds. The summed E-state index contributed by atoms with van der Waals surface area (Å²) in [6.45, 7) is 8.55. The monoisotopic (exact) mass is 358 g/mol. The molecule has 0 bridgehead atoms. The number of hydrogen-bond acceptors (Lipinski definition) is 6. The van der Waals surface area contributed by atoms with Crippen LogP contribution in [0.15, 0.2) is 24.4 Å². The zero-order valence-corrected chi connectivity index (χ0v) is 15.5. The van der Waals surface area contributed by atoms with Gasteiger partial charge in [0.25, 0.3) is 0 Å². The van der Waals surface area contributed by atoms with Gasteiger partial charge in [-0.1, -0.05) is 38.2 Å². The van der Waals surface area contributed by atoms with E-state index in [9.17, 15) is 0 Å². The van der Waals surface area contributed by atoms with E-state index in [0.29, 0.717) is 19.8 Å². The fourth-order valence-corrected chi connectivity index (χ4v) is 3.41. The minimum Gasteiger partial charge on any atom is -0.490 e. The Balaban J connectivity index is 1.47. The molecule has 3 aromatic rings. The lowest BCUT2D eigenvalue weighted by atomic mass is 9.93. The van der Waals surface area contributed by atoms with Crippen molar-refractivity contribution in [2.24, 2.45) is 0 Å². The number of anilines is 1. The van der Waals surface area contributed by atoms with Gasteiger partial charge in [0.05, 0.1) is 25.1 Å². The quantitative estimate of drug-likeness (QED) is 0.770. The van der Waals surface area contributed by atoms with Crippen LogP contribution in [0.2, 0.25) is 0 Å². The van der Waals surface area contributed by atoms with Gasteiger partial charge in [0, 0.05) is 18.4 Å². The first kappa shape index (κ1) is 16.2. The van der Waals surface area contributed by atoms with Gasteiger partial charge in [-0.15, -0.1) is 5.10 Å². The molecule has 0 radical (unpaired) electrons. The van der Waals surface area contributed by atoms with Crippen LogP contribution >= 0.6 is 11.3 Å². The number of imidazole rings is 1. The minimum absolute atomic E-state index is 0.0327. The summed E-state index contributed by atoms with van der Waals surface area (Å²) < 4.78 is 13.3. The molecular weight excluding hydrogens is 336 g/mol. The summed E-state index contributed by atoms with van der Waals surface area (Å²) in [6.07, 6.45) is 2.92. The van der Waals surface area contributed by atoms with E-state index in [1.165, 1.54) is 0 Å². The second-order valence-electron chi connectivity index (χ2n) is 7.20. The van der Waals surface area contributed by atoms with E-state index in [-0.39, 0.29) is 5.41 Å². The zero-order valence-electron chi connectivity index (χ0n) is 14.7. The van der Waals surface area contributed by atoms with E-state index in [1.807, 2.05) is 22.8 Å². The molecule has 0 saturated carbocycles. The van der Waals surface area contributed by atoms with E-state index in [0.717, 1.165) is 39.3 Å². The molecule has 4 rings (SSSR count). The Hall–Kier alpha value is -2.28. The van der Waals surface area contributed by atoms with Crippen molar-refractivity contribution in [2.45, 2.75) is 39.2 Å². The minimum atomic E-state index is 0.0327. The summed E-state index contributed by atoms with van der Waals surface area (Å²) in [5.74, 6) is 1.64. The average molecular weight is 358 g/mol. The molecule has 0 atom stereocenters. The summed E-state index contributed by atoms with van der Waals surface area (Å²) >= 11 is 1.56. The lowest BCUT2D eigenvalue weighted by Crippen LogP contribution is -2.11. The Morgan fingerprint density at radius 3 is 2.76 bits per heavy atom. The van der Waals surface area contributed by atoms with Gasteiger partial charge in [0.15, 0.2) is 11.5 Å². The first-order valence-corrected chi connectivity index (χ1v) is 9.30. The van der Waals surface area contributed by atoms with Crippen molar-refractivity contribution >= 4 is 21.4 Å². The van der Waals surface area contributed by atoms with Crippen LogP contribution in [-0.4, -0.2) is 27.8 Å². The second kappa shape index (κ2) is 6.22. The topological polar surface area (TPSA) is 60.7 Å². The number of fused-ring (bicyclic) bond motifs is 2. The molecule has 0 aliphatic carbocycles. The van der Waals surface area contributed by atoms with Gasteiger partial charge >= 0.3 is 0 Å². The Labute approximate surface area is 150 Å². The first-order chi connectivity index (χ1) is 12.0. The van der Waals surface area contributed by atoms with E-state index >= 15 is 0 Å². The van der Waals surface area contributed by atoms with Crippen molar-refractivity contribution in [3.63, 3.8) is 0 Å². The normalized spacial score (nSPS) is 14.5. The summed E-state index contributed by atoms with van der Waals surface area (Å²) in [5, 5.41) is 8.79. The predicted molar refractivity (Wildman–Crippen MR) is 98.9 cm³/mol. The van der Waals surface area contributed by atoms with Crippen LogP contribution < -0.4 is 14.8 Å². The highest BCUT2D eigenvalue weighted by Gasteiger charge is 2.19. The lowest BCUT2D eigenvalue weighted by Gasteiger charge is -2.13. The number of hydrogen-bond donors (Lipinski definition) is 1. The molecule has 1 aliphatic rings. The first-order valence-electron chi connectivity index (χ1n) is 8.48. The standard InChI is InChI=1S/C18H22N4O2S/c1-18(2,3)15-11-22-17(20-15)25-16(21-22)19-10-12-5-6-13-14(9-12)24-8-4-7-23-13/h5-6,9,11H,4,7-8,10H2,1-3H3,(H,19,21). The third kappa shape index (κ3) is 3.42. The Morgan fingerprint density at radius 2 is 2.00 bits per heavy atom. The largest absolute Gasteiger partial charge is 0.490 e. The highest BCUT2D eigenvalue weighted by molar-refractivity contribution is 7.20. The van der Waals surface area contributed by atoms with Gasteiger partial charge in [-0.25, -0.2) is 9.50 Å². The summed E-state index contributed by atoms with van der Waals surface area (Å²) in [7, 11) is 0. The van der Waals surface area contributed by atoms with Gasteiger partial charge in [-0.2, -0.15) is 0 Å². The molecule has 132 valence electrons. The van der Waals surface area contributed by atoms with Crippen molar-refractivity contribution in [3.8, 4) is 11.5 Å². The van der Waals surface area contributed by atoms with Crippen molar-refractivity contribution in [1.82, 2.24) is 14.6 Å². The van der Waals surface area contributed by atoms with Crippen LogP contribution in [0.5, 0.6) is 11.5 Å². The van der Waals surface area contributed by atoms with E-state index in [1.54, 1.807) is 11.3 Å². The van der Waals surface area contributed by atoms with Crippen LogP contribution in [0.1, 0.15) is 38.4 Å². The number of benzene rings is 1. The molecule has 0 spiro atoms. The molecule has 1 aromatic carbocycles. The number of rotatable bonds is 3. The van der Waals surface area contributed by atoms with Crippen molar-refractivity contribution in [3.05, 3.63) is 35.7 Å². The molecular formula is C18H22N4O2S. The molecule has 0 unspecified atom stereocenters. The number of nitrogens with one attached hydrogen (secondary N) is 1. The van der Waals surface area contributed by atoms with E-state index in [2.05, 4.69) is 42.2 Å². The molecule has 7 heteroatoms. The Bertz CT molecular complexity index is 863. The second-order valence-corrected chi connectivity index (χ2v) is 8.15. The van der Waals surface area contributed by atoms with E-state index in [4.69, 9.17) is 9.47 Å². The van der Waals surface area contributed by atoms with Gasteiger partial charge in [-0.3, -0.25) is 0 Å². The maximum atomic E-state index is 5.74. The summed E-state index contributed by atoms with van der Waals surface area (Å²) in [6, 6.07) is 6.06. The summed E-state index contributed by atoms with van der Waals surface area (Å²) in [5.41, 5.74) is 2.22. The zero-order chi connectivity index (χ0) is 17.4. The van der Waals surface area contributed by atoms with Crippen LogP contribution in [0.3, 0.4) is 0 Å². The highest BCUT2D eigenvalue weighted by atomic mass is 32.1. The lowest BCUT2D eigenvalue weighted by molar-refractivity contribution is 0.297. The fraction of sp³-hybridized carbons (Fsp3) is 0.444. The van der Waals surface area contributed by atoms with Crippen LogP contribution in [0.25, 0.3) is 4.96 Å².